The summed E-state index contributed by atoms with van der Waals surface area (Å²) in [6.07, 6.45) is 5.34. The number of hydrogen-bond donors (Lipinski definition) is 1. The third-order valence-corrected chi connectivity index (χ3v) is 7.14. The Labute approximate surface area is 203 Å². The maximum absolute atomic E-state index is 13.0. The molecule has 0 spiro atoms. The van der Waals surface area contributed by atoms with E-state index in [-0.39, 0.29) is 11.8 Å². The van der Waals surface area contributed by atoms with Crippen molar-refractivity contribution < 1.29 is 9.53 Å². The van der Waals surface area contributed by atoms with Gasteiger partial charge in [-0.15, -0.1) is 15.3 Å². The molecule has 1 aromatic carbocycles. The number of anilines is 2. The van der Waals surface area contributed by atoms with Gasteiger partial charge in [0.15, 0.2) is 5.65 Å². The molecule has 10 nitrogen and oxygen atoms in total. The molecule has 182 valence electrons. The number of fused-ring (bicyclic) bond motifs is 2. The molecule has 35 heavy (non-hydrogen) atoms. The fraction of sp³-hybridized carbons (Fsp3) is 0.440. The second-order valence-electron chi connectivity index (χ2n) is 9.31. The first-order chi connectivity index (χ1) is 17.2. The summed E-state index contributed by atoms with van der Waals surface area (Å²) < 4.78 is 9.41. The van der Waals surface area contributed by atoms with Crippen LogP contribution in [0.3, 0.4) is 0 Å². The fourth-order valence-corrected chi connectivity index (χ4v) is 5.05. The number of morpholine rings is 1. The lowest BCUT2D eigenvalue weighted by Gasteiger charge is -2.32. The van der Waals surface area contributed by atoms with Crippen LogP contribution in [0.15, 0.2) is 48.9 Å². The van der Waals surface area contributed by atoms with Crippen LogP contribution in [-0.4, -0.2) is 81.1 Å². The molecule has 2 aliphatic rings. The van der Waals surface area contributed by atoms with Gasteiger partial charge >= 0.3 is 0 Å². The van der Waals surface area contributed by atoms with Gasteiger partial charge in [0.1, 0.15) is 12.1 Å². The molecule has 3 aromatic heterocycles. The van der Waals surface area contributed by atoms with Crippen molar-refractivity contribution in [3.8, 4) is 0 Å². The molecule has 10 heteroatoms. The summed E-state index contributed by atoms with van der Waals surface area (Å²) in [6.45, 7) is 7.21. The Morgan fingerprint density at radius 1 is 1.03 bits per heavy atom. The number of nitrogens with zero attached hydrogens (tertiary/aromatic N) is 7. The maximum atomic E-state index is 13.0. The second-order valence-corrected chi connectivity index (χ2v) is 9.31. The summed E-state index contributed by atoms with van der Waals surface area (Å²) in [7, 11) is 0. The predicted octanol–water partition coefficient (Wildman–Crippen LogP) is 2.27. The first-order valence-corrected chi connectivity index (χ1v) is 12.3. The van der Waals surface area contributed by atoms with Crippen molar-refractivity contribution in [2.45, 2.75) is 19.4 Å². The number of rotatable bonds is 6. The molecular weight excluding hydrogens is 444 g/mol. The van der Waals surface area contributed by atoms with Crippen molar-refractivity contribution in [2.24, 2.45) is 5.92 Å². The number of ether oxygens (including phenoxy) is 1. The van der Waals surface area contributed by atoms with Crippen LogP contribution in [0.25, 0.3) is 16.6 Å². The van der Waals surface area contributed by atoms with Crippen LogP contribution < -0.4 is 10.2 Å². The molecule has 2 aliphatic heterocycles. The van der Waals surface area contributed by atoms with Crippen LogP contribution in [0, 0.1) is 5.92 Å². The molecule has 4 aromatic rings. The first kappa shape index (κ1) is 22.0. The Hall–Kier alpha value is -3.50. The summed E-state index contributed by atoms with van der Waals surface area (Å²) in [5, 5.41) is 16.8. The van der Waals surface area contributed by atoms with E-state index in [1.165, 1.54) is 5.52 Å². The van der Waals surface area contributed by atoms with Crippen molar-refractivity contribution in [3.05, 3.63) is 48.9 Å². The molecule has 0 atom stereocenters. The third-order valence-electron chi connectivity index (χ3n) is 7.14. The zero-order valence-corrected chi connectivity index (χ0v) is 19.7. The molecule has 0 unspecified atom stereocenters. The van der Waals surface area contributed by atoms with Gasteiger partial charge in [0, 0.05) is 68.0 Å². The molecule has 1 N–H and O–H groups in total. The standard InChI is InChI=1S/C25H30N8O2/c34-25(19-5-9-32(10-6-19)24-4-3-23-28-26-18-33(23)29-24)27-21-1-2-22-20(17-21)7-8-31(22)12-11-30-13-15-35-16-14-30/h1-4,7-8,17-19H,5-6,9-16H2,(H,27,34). The summed E-state index contributed by atoms with van der Waals surface area (Å²) in [6, 6.07) is 12.2. The van der Waals surface area contributed by atoms with Gasteiger partial charge in [-0.3, -0.25) is 9.69 Å². The Morgan fingerprint density at radius 2 is 1.89 bits per heavy atom. The normalized spacial score (nSPS) is 17.9. The minimum absolute atomic E-state index is 0.00119. The number of benzene rings is 1. The summed E-state index contributed by atoms with van der Waals surface area (Å²) in [5.74, 6) is 0.983. The Morgan fingerprint density at radius 3 is 2.74 bits per heavy atom. The predicted molar refractivity (Wildman–Crippen MR) is 134 cm³/mol. The van der Waals surface area contributed by atoms with Crippen molar-refractivity contribution in [1.82, 2.24) is 29.3 Å². The minimum atomic E-state index is -0.00119. The van der Waals surface area contributed by atoms with Gasteiger partial charge in [0.2, 0.25) is 5.91 Å². The summed E-state index contributed by atoms with van der Waals surface area (Å²) >= 11 is 0. The average molecular weight is 475 g/mol. The molecule has 6 rings (SSSR count). The van der Waals surface area contributed by atoms with E-state index >= 15 is 0 Å². The van der Waals surface area contributed by atoms with Gasteiger partial charge in [-0.1, -0.05) is 0 Å². The zero-order valence-electron chi connectivity index (χ0n) is 19.7. The highest BCUT2D eigenvalue weighted by atomic mass is 16.5. The molecule has 2 saturated heterocycles. The average Bonchev–Trinajstić information content (AvgIpc) is 3.54. The molecule has 0 saturated carbocycles. The molecule has 2 fully saturated rings. The van der Waals surface area contributed by atoms with Crippen LogP contribution in [-0.2, 0) is 16.1 Å². The van der Waals surface area contributed by atoms with Gasteiger partial charge in [-0.05, 0) is 49.2 Å². The topological polar surface area (TPSA) is 92.8 Å². The molecular formula is C25H30N8O2. The van der Waals surface area contributed by atoms with E-state index in [0.717, 1.165) is 87.9 Å². The summed E-state index contributed by atoms with van der Waals surface area (Å²) in [5.41, 5.74) is 2.78. The highest BCUT2D eigenvalue weighted by molar-refractivity contribution is 5.95. The largest absolute Gasteiger partial charge is 0.379 e. The van der Waals surface area contributed by atoms with Gasteiger partial charge in [0.25, 0.3) is 0 Å². The van der Waals surface area contributed by atoms with Gasteiger partial charge < -0.3 is 19.5 Å². The molecule has 0 bridgehead atoms. The van der Waals surface area contributed by atoms with E-state index in [1.54, 1.807) is 10.8 Å². The van der Waals surface area contributed by atoms with Crippen molar-refractivity contribution in [2.75, 3.05) is 56.2 Å². The zero-order chi connectivity index (χ0) is 23.6. The van der Waals surface area contributed by atoms with E-state index < -0.39 is 0 Å². The minimum Gasteiger partial charge on any atom is -0.379 e. The number of piperidine rings is 1. The van der Waals surface area contributed by atoms with Crippen molar-refractivity contribution >= 4 is 34.0 Å². The van der Waals surface area contributed by atoms with Crippen LogP contribution in [0.5, 0.6) is 0 Å². The molecule has 1 amide bonds. The first-order valence-electron chi connectivity index (χ1n) is 12.3. The lowest BCUT2D eigenvalue weighted by atomic mass is 9.95. The van der Waals surface area contributed by atoms with Crippen LogP contribution in [0.1, 0.15) is 12.8 Å². The van der Waals surface area contributed by atoms with E-state index in [4.69, 9.17) is 4.74 Å². The Balaban J connectivity index is 1.04. The van der Waals surface area contributed by atoms with Gasteiger partial charge in [-0.2, -0.15) is 4.52 Å². The monoisotopic (exact) mass is 474 g/mol. The lowest BCUT2D eigenvalue weighted by Crippen LogP contribution is -2.38. The van der Waals surface area contributed by atoms with E-state index in [2.05, 4.69) is 59.4 Å². The Kier molecular flexibility index (Phi) is 6.05. The summed E-state index contributed by atoms with van der Waals surface area (Å²) in [4.78, 5) is 17.6. The van der Waals surface area contributed by atoms with Crippen LogP contribution >= 0.6 is 0 Å². The number of amides is 1. The van der Waals surface area contributed by atoms with E-state index in [9.17, 15) is 4.79 Å². The maximum Gasteiger partial charge on any atom is 0.227 e. The van der Waals surface area contributed by atoms with Crippen molar-refractivity contribution in [3.63, 3.8) is 0 Å². The lowest BCUT2D eigenvalue weighted by molar-refractivity contribution is -0.120. The second kappa shape index (κ2) is 9.63. The SMILES string of the molecule is O=C(Nc1ccc2c(ccn2CCN2CCOCC2)c1)C1CCN(c2ccc3nncn3n2)CC1. The molecule has 0 radical (unpaired) electrons. The molecule has 0 aliphatic carbocycles. The van der Waals surface area contributed by atoms with Gasteiger partial charge in [-0.25, -0.2) is 0 Å². The number of aromatic nitrogens is 5. The highest BCUT2D eigenvalue weighted by Crippen LogP contribution is 2.25. The number of carbonyl (C=O) groups excluding carboxylic acids is 1. The Bertz CT molecular complexity index is 1320. The van der Waals surface area contributed by atoms with Gasteiger partial charge in [0.05, 0.1) is 13.2 Å². The quantitative estimate of drug-likeness (QED) is 0.458. The number of carbonyl (C=O) groups is 1. The fourth-order valence-electron chi connectivity index (χ4n) is 5.05. The highest BCUT2D eigenvalue weighted by Gasteiger charge is 2.26. The van der Waals surface area contributed by atoms with Crippen LogP contribution in [0.4, 0.5) is 11.5 Å². The van der Waals surface area contributed by atoms with E-state index in [0.29, 0.717) is 0 Å². The number of nitrogens with one attached hydrogen (secondary N) is 1. The van der Waals surface area contributed by atoms with Crippen LogP contribution in [0.2, 0.25) is 0 Å². The smallest absolute Gasteiger partial charge is 0.227 e. The van der Waals surface area contributed by atoms with Crippen molar-refractivity contribution in [1.29, 1.82) is 0 Å². The van der Waals surface area contributed by atoms with E-state index in [1.807, 2.05) is 18.2 Å². The number of hydrogen-bond acceptors (Lipinski definition) is 7. The molecule has 5 heterocycles. The third kappa shape index (κ3) is 4.71.